The van der Waals surface area contributed by atoms with Gasteiger partial charge in [-0.2, -0.15) is 0 Å². The summed E-state index contributed by atoms with van der Waals surface area (Å²) in [5, 5.41) is 13.0. The molecule has 2 aromatic rings. The van der Waals surface area contributed by atoms with E-state index in [0.717, 1.165) is 5.56 Å². The van der Waals surface area contributed by atoms with Crippen LogP contribution in [0.15, 0.2) is 42.7 Å². The number of rotatable bonds is 8. The van der Waals surface area contributed by atoms with Gasteiger partial charge in [-0.25, -0.2) is 4.79 Å². The molecular formula is C17H23N5O3. The Morgan fingerprint density at radius 3 is 2.64 bits per heavy atom. The van der Waals surface area contributed by atoms with Gasteiger partial charge in [-0.1, -0.05) is 49.4 Å². The molecule has 1 aromatic heterocycles. The fourth-order valence-corrected chi connectivity index (χ4v) is 2.14. The molecule has 8 nitrogen and oxygen atoms in total. The molecule has 0 bridgehead atoms. The molecule has 0 unspecified atom stereocenters. The lowest BCUT2D eigenvalue weighted by molar-refractivity contribution is -0.121. The van der Waals surface area contributed by atoms with Crippen molar-refractivity contribution in [3.63, 3.8) is 0 Å². The van der Waals surface area contributed by atoms with Crippen LogP contribution in [-0.2, 0) is 22.7 Å². The summed E-state index contributed by atoms with van der Waals surface area (Å²) >= 11 is 0. The van der Waals surface area contributed by atoms with E-state index >= 15 is 0 Å². The van der Waals surface area contributed by atoms with Gasteiger partial charge in [0.2, 0.25) is 5.91 Å². The third kappa shape index (κ3) is 6.62. The van der Waals surface area contributed by atoms with Crippen LogP contribution in [0, 0.1) is 5.92 Å². The third-order valence-electron chi connectivity index (χ3n) is 3.61. The Bertz CT molecular complexity index is 658. The van der Waals surface area contributed by atoms with Crippen LogP contribution in [0.1, 0.15) is 19.4 Å². The Kier molecular flexibility index (Phi) is 6.94. The quantitative estimate of drug-likeness (QED) is 0.752. The number of carbonyl (C=O) groups excluding carboxylic acids is 2. The number of alkyl carbamates (subject to hydrolysis) is 1. The van der Waals surface area contributed by atoms with Gasteiger partial charge in [0.05, 0.1) is 18.8 Å². The summed E-state index contributed by atoms with van der Waals surface area (Å²) in [6.07, 6.45) is 2.70. The molecular weight excluding hydrogens is 322 g/mol. The summed E-state index contributed by atoms with van der Waals surface area (Å²) in [7, 11) is 0. The number of benzene rings is 1. The maximum atomic E-state index is 12.0. The van der Waals surface area contributed by atoms with Gasteiger partial charge in [0.1, 0.15) is 13.2 Å². The Morgan fingerprint density at radius 1 is 1.24 bits per heavy atom. The smallest absolute Gasteiger partial charge is 0.407 e. The van der Waals surface area contributed by atoms with Gasteiger partial charge in [-0.05, 0) is 11.5 Å². The van der Waals surface area contributed by atoms with Crippen molar-refractivity contribution >= 4 is 12.0 Å². The summed E-state index contributed by atoms with van der Waals surface area (Å²) in [6.45, 7) is 4.54. The van der Waals surface area contributed by atoms with Crippen molar-refractivity contribution in [2.75, 3.05) is 6.54 Å². The molecule has 1 heterocycles. The standard InChI is InChI=1S/C17H23N5O3/c1-13(2)15(11-22-9-8-19-21-22)20-16(23)10-18-17(24)25-12-14-6-4-3-5-7-14/h3-9,13,15H,10-12H2,1-2H3,(H,18,24)(H,20,23)/t15-/m0/s1. The molecule has 134 valence electrons. The van der Waals surface area contributed by atoms with Crippen LogP contribution < -0.4 is 10.6 Å². The van der Waals surface area contributed by atoms with Crippen molar-refractivity contribution in [3.8, 4) is 0 Å². The van der Waals surface area contributed by atoms with Crippen LogP contribution in [0.25, 0.3) is 0 Å². The molecule has 0 radical (unpaired) electrons. The monoisotopic (exact) mass is 345 g/mol. The molecule has 0 aliphatic carbocycles. The highest BCUT2D eigenvalue weighted by atomic mass is 16.5. The largest absolute Gasteiger partial charge is 0.445 e. The van der Waals surface area contributed by atoms with Gasteiger partial charge in [0.15, 0.2) is 0 Å². The molecule has 0 saturated heterocycles. The minimum Gasteiger partial charge on any atom is -0.445 e. The lowest BCUT2D eigenvalue weighted by atomic mass is 10.0. The molecule has 2 N–H and O–H groups in total. The average Bonchev–Trinajstić information content (AvgIpc) is 3.11. The summed E-state index contributed by atoms with van der Waals surface area (Å²) < 4.78 is 6.72. The van der Waals surface area contributed by atoms with Crippen LogP contribution in [0.4, 0.5) is 4.79 Å². The Balaban J connectivity index is 1.71. The van der Waals surface area contributed by atoms with Crippen molar-refractivity contribution in [1.29, 1.82) is 0 Å². The van der Waals surface area contributed by atoms with Gasteiger partial charge in [-0.3, -0.25) is 9.48 Å². The van der Waals surface area contributed by atoms with E-state index in [1.807, 2.05) is 44.2 Å². The molecule has 0 aliphatic heterocycles. The predicted octanol–water partition coefficient (Wildman–Crippen LogP) is 1.35. The second kappa shape index (κ2) is 9.41. The SMILES string of the molecule is CC(C)[C@H](Cn1ccnn1)NC(=O)CNC(=O)OCc1ccccc1. The van der Waals surface area contributed by atoms with Crippen LogP contribution in [-0.4, -0.2) is 39.6 Å². The molecule has 2 rings (SSSR count). The minimum absolute atomic E-state index is 0.115. The van der Waals surface area contributed by atoms with Gasteiger partial charge >= 0.3 is 6.09 Å². The van der Waals surface area contributed by atoms with E-state index in [0.29, 0.717) is 6.54 Å². The van der Waals surface area contributed by atoms with E-state index in [1.54, 1.807) is 17.1 Å². The Hall–Kier alpha value is -2.90. The maximum Gasteiger partial charge on any atom is 0.407 e. The van der Waals surface area contributed by atoms with Crippen LogP contribution in [0.3, 0.4) is 0 Å². The summed E-state index contributed by atoms with van der Waals surface area (Å²) in [5.74, 6) is -0.0753. The zero-order valence-corrected chi connectivity index (χ0v) is 14.4. The first-order chi connectivity index (χ1) is 12.0. The highest BCUT2D eigenvalue weighted by Crippen LogP contribution is 2.04. The van der Waals surface area contributed by atoms with Gasteiger partial charge in [0, 0.05) is 6.20 Å². The fraction of sp³-hybridized carbons (Fsp3) is 0.412. The molecule has 8 heteroatoms. The first kappa shape index (κ1) is 18.4. The number of hydrogen-bond donors (Lipinski definition) is 2. The van der Waals surface area contributed by atoms with Gasteiger partial charge < -0.3 is 15.4 Å². The first-order valence-electron chi connectivity index (χ1n) is 8.12. The van der Waals surface area contributed by atoms with Crippen molar-refractivity contribution < 1.29 is 14.3 Å². The highest BCUT2D eigenvalue weighted by molar-refractivity contribution is 5.82. The number of nitrogens with one attached hydrogen (secondary N) is 2. The molecule has 0 saturated carbocycles. The second-order valence-electron chi connectivity index (χ2n) is 5.96. The average molecular weight is 345 g/mol. The summed E-state index contributed by atoms with van der Waals surface area (Å²) in [4.78, 5) is 23.7. The highest BCUT2D eigenvalue weighted by Gasteiger charge is 2.17. The molecule has 0 fully saturated rings. The topological polar surface area (TPSA) is 98.1 Å². The summed E-state index contributed by atoms with van der Waals surface area (Å²) in [6, 6.07) is 9.22. The number of amides is 2. The second-order valence-corrected chi connectivity index (χ2v) is 5.96. The third-order valence-corrected chi connectivity index (χ3v) is 3.61. The zero-order chi connectivity index (χ0) is 18.1. The zero-order valence-electron chi connectivity index (χ0n) is 14.4. The fourth-order valence-electron chi connectivity index (χ4n) is 2.14. The number of ether oxygens (including phenoxy) is 1. The van der Waals surface area contributed by atoms with Crippen molar-refractivity contribution in [2.45, 2.75) is 33.0 Å². The molecule has 1 aromatic carbocycles. The molecule has 1 atom stereocenters. The van der Waals surface area contributed by atoms with E-state index < -0.39 is 6.09 Å². The van der Waals surface area contributed by atoms with Gasteiger partial charge in [0.25, 0.3) is 0 Å². The summed E-state index contributed by atoms with van der Waals surface area (Å²) in [5.41, 5.74) is 0.884. The van der Waals surface area contributed by atoms with Crippen LogP contribution in [0.5, 0.6) is 0 Å². The first-order valence-corrected chi connectivity index (χ1v) is 8.12. The van der Waals surface area contributed by atoms with Crippen molar-refractivity contribution in [2.24, 2.45) is 5.92 Å². The molecule has 25 heavy (non-hydrogen) atoms. The molecule has 0 aliphatic rings. The number of hydrogen-bond acceptors (Lipinski definition) is 5. The minimum atomic E-state index is -0.628. The molecule has 0 spiro atoms. The normalized spacial score (nSPS) is 11.8. The van der Waals surface area contributed by atoms with Crippen molar-refractivity contribution in [1.82, 2.24) is 25.6 Å². The Morgan fingerprint density at radius 2 is 2.00 bits per heavy atom. The maximum absolute atomic E-state index is 12.0. The predicted molar refractivity (Wildman–Crippen MR) is 91.4 cm³/mol. The van der Waals surface area contributed by atoms with E-state index in [4.69, 9.17) is 4.74 Å². The van der Waals surface area contributed by atoms with Crippen LogP contribution in [0.2, 0.25) is 0 Å². The van der Waals surface area contributed by atoms with E-state index in [2.05, 4.69) is 20.9 Å². The van der Waals surface area contributed by atoms with E-state index in [9.17, 15) is 9.59 Å². The Labute approximate surface area is 146 Å². The van der Waals surface area contributed by atoms with E-state index in [-0.39, 0.29) is 31.0 Å². The molecule has 2 amide bonds. The lowest BCUT2D eigenvalue weighted by Crippen LogP contribution is -2.46. The van der Waals surface area contributed by atoms with Crippen LogP contribution >= 0.6 is 0 Å². The number of carbonyl (C=O) groups is 2. The lowest BCUT2D eigenvalue weighted by Gasteiger charge is -2.22. The van der Waals surface area contributed by atoms with E-state index in [1.165, 1.54) is 0 Å². The van der Waals surface area contributed by atoms with Crippen molar-refractivity contribution in [3.05, 3.63) is 48.3 Å². The number of aromatic nitrogens is 3. The van der Waals surface area contributed by atoms with Gasteiger partial charge in [-0.15, -0.1) is 5.10 Å². The number of nitrogens with zero attached hydrogens (tertiary/aromatic N) is 3.